The number of hydrogen-bond acceptors (Lipinski definition) is 4. The molecule has 1 aliphatic rings. The van der Waals surface area contributed by atoms with Gasteiger partial charge < -0.3 is 9.32 Å². The molecular formula is C14H22N2O2. The van der Waals surface area contributed by atoms with Crippen molar-refractivity contribution in [2.24, 2.45) is 5.92 Å². The summed E-state index contributed by atoms with van der Waals surface area (Å²) >= 11 is 0. The van der Waals surface area contributed by atoms with Gasteiger partial charge in [-0.2, -0.15) is 0 Å². The Morgan fingerprint density at radius 3 is 3.00 bits per heavy atom. The molecule has 4 heteroatoms. The summed E-state index contributed by atoms with van der Waals surface area (Å²) in [5.74, 6) is 1.54. The molecule has 1 aromatic rings. The van der Waals surface area contributed by atoms with E-state index >= 15 is 0 Å². The monoisotopic (exact) mass is 250 g/mol. The molecule has 0 aliphatic carbocycles. The number of rotatable bonds is 5. The molecule has 1 aliphatic heterocycles. The van der Waals surface area contributed by atoms with Gasteiger partial charge in [0.25, 0.3) is 0 Å². The van der Waals surface area contributed by atoms with Crippen molar-refractivity contribution in [1.29, 1.82) is 0 Å². The second-order valence-electron chi connectivity index (χ2n) is 5.56. The van der Waals surface area contributed by atoms with E-state index in [9.17, 15) is 4.79 Å². The molecule has 0 N–H and O–H groups in total. The van der Waals surface area contributed by atoms with Crippen molar-refractivity contribution in [1.82, 2.24) is 9.88 Å². The van der Waals surface area contributed by atoms with E-state index in [4.69, 9.17) is 4.42 Å². The molecule has 1 unspecified atom stereocenters. The van der Waals surface area contributed by atoms with Crippen molar-refractivity contribution in [2.75, 3.05) is 13.1 Å². The maximum atomic E-state index is 11.0. The molecule has 1 fully saturated rings. The zero-order valence-corrected chi connectivity index (χ0v) is 11.5. The summed E-state index contributed by atoms with van der Waals surface area (Å²) in [5, 5.41) is 0. The van der Waals surface area contributed by atoms with E-state index in [1.54, 1.807) is 13.2 Å². The average molecular weight is 250 g/mol. The average Bonchev–Trinajstić information content (AvgIpc) is 2.88. The Morgan fingerprint density at radius 2 is 2.39 bits per heavy atom. The quantitative estimate of drug-likeness (QED) is 0.802. The number of ketones is 1. The Balaban J connectivity index is 1.87. The zero-order chi connectivity index (χ0) is 13.1. The molecule has 0 radical (unpaired) electrons. The van der Waals surface area contributed by atoms with Gasteiger partial charge >= 0.3 is 0 Å². The molecule has 0 amide bonds. The summed E-state index contributed by atoms with van der Waals surface area (Å²) < 4.78 is 5.44. The van der Waals surface area contributed by atoms with E-state index < -0.39 is 0 Å². The van der Waals surface area contributed by atoms with Crippen molar-refractivity contribution in [3.63, 3.8) is 0 Å². The van der Waals surface area contributed by atoms with Gasteiger partial charge in [0.1, 0.15) is 12.0 Å². The lowest BCUT2D eigenvalue weighted by molar-refractivity contribution is -0.116. The first-order valence-electron chi connectivity index (χ1n) is 6.71. The number of hydrogen-bond donors (Lipinski definition) is 0. The first kappa shape index (κ1) is 13.3. The molecule has 18 heavy (non-hydrogen) atoms. The Hall–Kier alpha value is -1.16. The van der Waals surface area contributed by atoms with Crippen LogP contribution in [-0.2, 0) is 17.6 Å². The van der Waals surface area contributed by atoms with Crippen LogP contribution in [0.1, 0.15) is 38.8 Å². The van der Waals surface area contributed by atoms with Crippen molar-refractivity contribution in [2.45, 2.75) is 46.1 Å². The maximum Gasteiger partial charge on any atom is 0.194 e. The molecule has 0 saturated carbocycles. The van der Waals surface area contributed by atoms with Crippen molar-refractivity contribution >= 4 is 5.78 Å². The smallest absolute Gasteiger partial charge is 0.194 e. The molecule has 1 saturated heterocycles. The highest BCUT2D eigenvalue weighted by Gasteiger charge is 2.25. The number of carbonyl (C=O) groups is 1. The number of carbonyl (C=O) groups excluding carboxylic acids is 1. The van der Waals surface area contributed by atoms with Crippen molar-refractivity contribution < 1.29 is 9.21 Å². The topological polar surface area (TPSA) is 46.3 Å². The minimum absolute atomic E-state index is 0.127. The van der Waals surface area contributed by atoms with E-state index in [1.807, 2.05) is 0 Å². The van der Waals surface area contributed by atoms with Crippen LogP contribution in [0.5, 0.6) is 0 Å². The van der Waals surface area contributed by atoms with E-state index in [1.165, 1.54) is 13.0 Å². The summed E-state index contributed by atoms with van der Waals surface area (Å²) in [6, 6.07) is 0.618. The van der Waals surface area contributed by atoms with E-state index in [0.29, 0.717) is 18.4 Å². The summed E-state index contributed by atoms with van der Waals surface area (Å²) in [7, 11) is 0. The van der Waals surface area contributed by atoms with Crippen molar-refractivity contribution in [3.8, 4) is 0 Å². The normalized spacial score (nSPS) is 20.8. The van der Waals surface area contributed by atoms with Crippen LogP contribution in [0.4, 0.5) is 0 Å². The van der Waals surface area contributed by atoms with Gasteiger partial charge in [-0.3, -0.25) is 4.79 Å². The van der Waals surface area contributed by atoms with Crippen LogP contribution >= 0.6 is 0 Å². The third-order valence-corrected chi connectivity index (χ3v) is 3.54. The Morgan fingerprint density at radius 1 is 1.61 bits per heavy atom. The van der Waals surface area contributed by atoms with Gasteiger partial charge in [-0.15, -0.1) is 0 Å². The fourth-order valence-corrected chi connectivity index (χ4v) is 2.52. The summed E-state index contributed by atoms with van der Waals surface area (Å²) in [4.78, 5) is 17.9. The highest BCUT2D eigenvalue weighted by Crippen LogP contribution is 2.22. The highest BCUT2D eigenvalue weighted by atomic mass is 16.3. The molecule has 4 nitrogen and oxygen atoms in total. The first-order valence-corrected chi connectivity index (χ1v) is 6.71. The molecule has 1 aromatic heterocycles. The standard InChI is InChI=1S/C14H22N2O2/c1-10(2)16-5-4-12(8-16)7-14-15-13(9-18-14)6-11(3)17/h9-10,12H,4-8H2,1-3H3. The van der Waals surface area contributed by atoms with Crippen LogP contribution in [-0.4, -0.2) is 34.8 Å². The molecule has 0 aromatic carbocycles. The zero-order valence-electron chi connectivity index (χ0n) is 11.5. The molecule has 2 rings (SSSR count). The van der Waals surface area contributed by atoms with Crippen LogP contribution in [0.2, 0.25) is 0 Å². The second-order valence-corrected chi connectivity index (χ2v) is 5.56. The molecule has 1 atom stereocenters. The number of aromatic nitrogens is 1. The Kier molecular flexibility index (Phi) is 4.17. The van der Waals surface area contributed by atoms with Crippen LogP contribution in [0.25, 0.3) is 0 Å². The Bertz CT molecular complexity index is 412. The Labute approximate surface area is 108 Å². The van der Waals surface area contributed by atoms with Crippen LogP contribution in [0, 0.1) is 5.92 Å². The predicted molar refractivity (Wildman–Crippen MR) is 69.4 cm³/mol. The summed E-state index contributed by atoms with van der Waals surface area (Å²) in [5.41, 5.74) is 0.760. The second kappa shape index (κ2) is 5.65. The predicted octanol–water partition coefficient (Wildman–Crippen LogP) is 2.08. The van der Waals surface area contributed by atoms with E-state index in [-0.39, 0.29) is 5.78 Å². The first-order chi connectivity index (χ1) is 8.54. The van der Waals surface area contributed by atoms with Gasteiger partial charge in [-0.25, -0.2) is 4.98 Å². The third-order valence-electron chi connectivity index (χ3n) is 3.54. The fourth-order valence-electron chi connectivity index (χ4n) is 2.52. The SMILES string of the molecule is CC(=O)Cc1coc(CC2CCN(C(C)C)C2)n1. The van der Waals surface area contributed by atoms with E-state index in [0.717, 1.165) is 24.6 Å². The van der Waals surface area contributed by atoms with E-state index in [2.05, 4.69) is 23.7 Å². The molecule has 0 spiro atoms. The summed E-state index contributed by atoms with van der Waals surface area (Å²) in [6.45, 7) is 8.34. The van der Waals surface area contributed by atoms with Gasteiger partial charge in [-0.05, 0) is 39.7 Å². The highest BCUT2D eigenvalue weighted by molar-refractivity contribution is 5.77. The lowest BCUT2D eigenvalue weighted by atomic mass is 10.1. The number of Topliss-reactive ketones (excluding diaryl/α,β-unsaturated/α-hetero) is 1. The minimum Gasteiger partial charge on any atom is -0.449 e. The summed E-state index contributed by atoms with van der Waals surface area (Å²) in [6.07, 6.45) is 4.10. The molecule has 100 valence electrons. The number of likely N-dealkylation sites (tertiary alicyclic amines) is 1. The van der Waals surface area contributed by atoms with Crippen LogP contribution < -0.4 is 0 Å². The number of oxazole rings is 1. The molecular weight excluding hydrogens is 228 g/mol. The maximum absolute atomic E-state index is 11.0. The number of nitrogens with zero attached hydrogens (tertiary/aromatic N) is 2. The van der Waals surface area contributed by atoms with Crippen LogP contribution in [0.15, 0.2) is 10.7 Å². The lowest BCUT2D eigenvalue weighted by Gasteiger charge is -2.19. The lowest BCUT2D eigenvalue weighted by Crippen LogP contribution is -2.28. The minimum atomic E-state index is 0.127. The fraction of sp³-hybridized carbons (Fsp3) is 0.714. The van der Waals surface area contributed by atoms with Gasteiger partial charge in [0.05, 0.1) is 12.1 Å². The van der Waals surface area contributed by atoms with Gasteiger partial charge in [0.2, 0.25) is 0 Å². The third kappa shape index (κ3) is 3.42. The van der Waals surface area contributed by atoms with Gasteiger partial charge in [-0.1, -0.05) is 0 Å². The largest absolute Gasteiger partial charge is 0.449 e. The van der Waals surface area contributed by atoms with Crippen LogP contribution in [0.3, 0.4) is 0 Å². The van der Waals surface area contributed by atoms with Gasteiger partial charge in [0.15, 0.2) is 5.89 Å². The van der Waals surface area contributed by atoms with Crippen molar-refractivity contribution in [3.05, 3.63) is 17.8 Å². The molecule has 2 heterocycles. The molecule has 0 bridgehead atoms. The van der Waals surface area contributed by atoms with Gasteiger partial charge in [0, 0.05) is 19.0 Å².